The molecule has 0 aromatic heterocycles. The van der Waals surface area contributed by atoms with Gasteiger partial charge in [0.1, 0.15) is 11.5 Å². The van der Waals surface area contributed by atoms with Crippen LogP contribution in [0.4, 0.5) is 0 Å². The van der Waals surface area contributed by atoms with Gasteiger partial charge in [-0.15, -0.1) is 0 Å². The highest BCUT2D eigenvalue weighted by Gasteiger charge is 2.37. The van der Waals surface area contributed by atoms with E-state index in [9.17, 15) is 8.42 Å². The number of hydrogen-bond acceptors (Lipinski definition) is 4. The van der Waals surface area contributed by atoms with Crippen LogP contribution in [0.5, 0.6) is 11.5 Å². The van der Waals surface area contributed by atoms with Crippen LogP contribution in [0.15, 0.2) is 53.4 Å². The van der Waals surface area contributed by atoms with E-state index in [1.807, 2.05) is 24.3 Å². The first-order valence-corrected chi connectivity index (χ1v) is 9.30. The minimum absolute atomic E-state index is 0.250. The second-order valence-corrected chi connectivity index (χ2v) is 7.59. The molecule has 1 atom stereocenters. The molecule has 3 rings (SSSR count). The van der Waals surface area contributed by atoms with Crippen molar-refractivity contribution in [3.05, 3.63) is 54.1 Å². The van der Waals surface area contributed by atoms with Crippen molar-refractivity contribution in [2.75, 3.05) is 20.8 Å². The van der Waals surface area contributed by atoms with Crippen molar-refractivity contribution in [2.45, 2.75) is 23.8 Å². The Kier molecular flexibility index (Phi) is 4.78. The Balaban J connectivity index is 2.03. The molecule has 5 nitrogen and oxygen atoms in total. The molecule has 2 aromatic rings. The lowest BCUT2D eigenvalue weighted by atomic mass is 10.0. The number of sulfonamides is 1. The second kappa shape index (κ2) is 6.83. The summed E-state index contributed by atoms with van der Waals surface area (Å²) in [7, 11) is -0.354. The fourth-order valence-corrected chi connectivity index (χ4v) is 4.86. The minimum Gasteiger partial charge on any atom is -0.497 e. The van der Waals surface area contributed by atoms with Gasteiger partial charge in [0, 0.05) is 12.1 Å². The van der Waals surface area contributed by atoms with Crippen LogP contribution < -0.4 is 9.47 Å². The van der Waals surface area contributed by atoms with Gasteiger partial charge in [-0.2, -0.15) is 4.31 Å². The lowest BCUT2D eigenvalue weighted by Gasteiger charge is -2.26. The van der Waals surface area contributed by atoms with E-state index in [0.29, 0.717) is 22.9 Å². The van der Waals surface area contributed by atoms with E-state index in [1.165, 1.54) is 0 Å². The standard InChI is InChI=1S/C18H21NO4S/c1-22-14-10-11-18(23-2)16(13-14)17-9-6-12-19(17)24(20,21)15-7-4-3-5-8-15/h3-5,7-8,10-11,13,17H,6,9,12H2,1-2H3. The Morgan fingerprint density at radius 3 is 2.46 bits per heavy atom. The van der Waals surface area contributed by atoms with Gasteiger partial charge in [-0.05, 0) is 43.2 Å². The number of rotatable bonds is 5. The summed E-state index contributed by atoms with van der Waals surface area (Å²) < 4.78 is 38.4. The third-order valence-corrected chi connectivity index (χ3v) is 6.27. The van der Waals surface area contributed by atoms with Crippen molar-refractivity contribution in [3.63, 3.8) is 0 Å². The molecule has 1 fully saturated rings. The van der Waals surface area contributed by atoms with Crippen LogP contribution in [0.1, 0.15) is 24.4 Å². The Labute approximate surface area is 142 Å². The molecule has 0 aliphatic carbocycles. The predicted octanol–water partition coefficient (Wildman–Crippen LogP) is 3.23. The summed E-state index contributed by atoms with van der Waals surface area (Å²) in [5.41, 5.74) is 0.842. The Bertz CT molecular complexity index is 805. The summed E-state index contributed by atoms with van der Waals surface area (Å²) in [4.78, 5) is 0.318. The van der Waals surface area contributed by atoms with Gasteiger partial charge in [0.2, 0.25) is 10.0 Å². The quantitative estimate of drug-likeness (QED) is 0.833. The van der Waals surface area contributed by atoms with Gasteiger partial charge < -0.3 is 9.47 Å². The molecule has 1 aliphatic rings. The zero-order valence-electron chi connectivity index (χ0n) is 13.8. The van der Waals surface area contributed by atoms with Crippen molar-refractivity contribution in [1.82, 2.24) is 4.31 Å². The normalized spacial score (nSPS) is 18.5. The minimum atomic E-state index is -3.54. The van der Waals surface area contributed by atoms with Gasteiger partial charge in [0.15, 0.2) is 0 Å². The lowest BCUT2D eigenvalue weighted by molar-refractivity contribution is 0.361. The van der Waals surface area contributed by atoms with Crippen molar-refractivity contribution in [2.24, 2.45) is 0 Å². The highest BCUT2D eigenvalue weighted by molar-refractivity contribution is 7.89. The molecule has 0 radical (unpaired) electrons. The first kappa shape index (κ1) is 16.8. The second-order valence-electron chi connectivity index (χ2n) is 5.69. The predicted molar refractivity (Wildman–Crippen MR) is 91.9 cm³/mol. The van der Waals surface area contributed by atoms with Crippen LogP contribution in [0, 0.1) is 0 Å². The molecule has 1 unspecified atom stereocenters. The van der Waals surface area contributed by atoms with Gasteiger partial charge in [0.25, 0.3) is 0 Å². The van der Waals surface area contributed by atoms with Crippen LogP contribution in [0.2, 0.25) is 0 Å². The summed E-state index contributed by atoms with van der Waals surface area (Å²) >= 11 is 0. The van der Waals surface area contributed by atoms with Gasteiger partial charge in [-0.1, -0.05) is 18.2 Å². The van der Waals surface area contributed by atoms with Crippen LogP contribution >= 0.6 is 0 Å². The molecule has 2 aromatic carbocycles. The van der Waals surface area contributed by atoms with Crippen molar-refractivity contribution in [3.8, 4) is 11.5 Å². The number of benzene rings is 2. The van der Waals surface area contributed by atoms with E-state index < -0.39 is 10.0 Å². The van der Waals surface area contributed by atoms with E-state index in [0.717, 1.165) is 18.4 Å². The van der Waals surface area contributed by atoms with Crippen LogP contribution in [-0.4, -0.2) is 33.5 Å². The first-order valence-electron chi connectivity index (χ1n) is 7.86. The zero-order valence-corrected chi connectivity index (χ0v) is 14.6. The molecule has 0 N–H and O–H groups in total. The van der Waals surface area contributed by atoms with E-state index in [2.05, 4.69) is 0 Å². The number of methoxy groups -OCH3 is 2. The Morgan fingerprint density at radius 1 is 1.04 bits per heavy atom. The maximum Gasteiger partial charge on any atom is 0.243 e. The summed E-state index contributed by atoms with van der Waals surface area (Å²) in [6.07, 6.45) is 1.58. The molecule has 1 aliphatic heterocycles. The Morgan fingerprint density at radius 2 is 1.79 bits per heavy atom. The number of nitrogens with zero attached hydrogens (tertiary/aromatic N) is 1. The summed E-state index contributed by atoms with van der Waals surface area (Å²) in [6, 6.07) is 13.8. The van der Waals surface area contributed by atoms with Crippen LogP contribution in [-0.2, 0) is 10.0 Å². The molecular formula is C18H21NO4S. The Hall–Kier alpha value is -2.05. The van der Waals surface area contributed by atoms with E-state index in [1.54, 1.807) is 42.8 Å². The smallest absolute Gasteiger partial charge is 0.243 e. The molecule has 1 heterocycles. The fraction of sp³-hybridized carbons (Fsp3) is 0.333. The molecular weight excluding hydrogens is 326 g/mol. The summed E-state index contributed by atoms with van der Waals surface area (Å²) in [6.45, 7) is 0.502. The SMILES string of the molecule is COc1ccc(OC)c(C2CCCN2S(=O)(=O)c2ccccc2)c1. The third kappa shape index (κ3) is 2.99. The number of hydrogen-bond donors (Lipinski definition) is 0. The summed E-state index contributed by atoms with van der Waals surface area (Å²) in [5.74, 6) is 1.37. The lowest BCUT2D eigenvalue weighted by Crippen LogP contribution is -2.30. The monoisotopic (exact) mass is 347 g/mol. The van der Waals surface area contributed by atoms with Crippen molar-refractivity contribution >= 4 is 10.0 Å². The molecule has 24 heavy (non-hydrogen) atoms. The largest absolute Gasteiger partial charge is 0.497 e. The fourth-order valence-electron chi connectivity index (χ4n) is 3.17. The molecule has 0 spiro atoms. The molecule has 6 heteroatoms. The first-order chi connectivity index (χ1) is 11.6. The van der Waals surface area contributed by atoms with E-state index in [4.69, 9.17) is 9.47 Å². The van der Waals surface area contributed by atoms with Crippen molar-refractivity contribution in [1.29, 1.82) is 0 Å². The highest BCUT2D eigenvalue weighted by atomic mass is 32.2. The van der Waals surface area contributed by atoms with Gasteiger partial charge in [-0.25, -0.2) is 8.42 Å². The molecule has 0 saturated carbocycles. The van der Waals surface area contributed by atoms with Crippen LogP contribution in [0.25, 0.3) is 0 Å². The van der Waals surface area contributed by atoms with E-state index in [-0.39, 0.29) is 6.04 Å². The van der Waals surface area contributed by atoms with Gasteiger partial charge >= 0.3 is 0 Å². The van der Waals surface area contributed by atoms with E-state index >= 15 is 0 Å². The molecule has 128 valence electrons. The molecule has 0 bridgehead atoms. The third-order valence-electron chi connectivity index (χ3n) is 4.35. The topological polar surface area (TPSA) is 55.8 Å². The molecule has 1 saturated heterocycles. The highest BCUT2D eigenvalue weighted by Crippen LogP contribution is 2.41. The number of ether oxygens (including phenoxy) is 2. The van der Waals surface area contributed by atoms with Crippen molar-refractivity contribution < 1.29 is 17.9 Å². The van der Waals surface area contributed by atoms with Gasteiger partial charge in [-0.3, -0.25) is 0 Å². The average Bonchev–Trinajstić information content (AvgIpc) is 3.12. The maximum atomic E-state index is 13.0. The summed E-state index contributed by atoms with van der Waals surface area (Å²) in [5, 5.41) is 0. The van der Waals surface area contributed by atoms with Crippen LogP contribution in [0.3, 0.4) is 0 Å². The zero-order chi connectivity index (χ0) is 17.2. The average molecular weight is 347 g/mol. The molecule has 0 amide bonds. The van der Waals surface area contributed by atoms with Gasteiger partial charge in [0.05, 0.1) is 25.2 Å². The maximum absolute atomic E-state index is 13.0.